The van der Waals surface area contributed by atoms with Gasteiger partial charge in [0.25, 0.3) is 0 Å². The molecule has 1 fully saturated rings. The molecule has 0 unspecified atom stereocenters. The van der Waals surface area contributed by atoms with Crippen molar-refractivity contribution in [1.82, 2.24) is 0 Å². The van der Waals surface area contributed by atoms with Crippen LogP contribution in [0.25, 0.3) is 6.08 Å². The van der Waals surface area contributed by atoms with Crippen LogP contribution in [0.2, 0.25) is 0 Å². The summed E-state index contributed by atoms with van der Waals surface area (Å²) in [6.07, 6.45) is 4.16. The Hall–Kier alpha value is -0.745. The number of thioether (sulfide) groups is 1. The molecule has 1 aromatic carbocycles. The minimum atomic E-state index is -0.380. The number of hydrogen-bond acceptors (Lipinski definition) is 4. The molecule has 0 saturated carbocycles. The first-order chi connectivity index (χ1) is 9.80. The Morgan fingerprint density at radius 2 is 1.76 bits per heavy atom. The van der Waals surface area contributed by atoms with Crippen molar-refractivity contribution in [3.63, 3.8) is 0 Å². The van der Waals surface area contributed by atoms with Crippen LogP contribution >= 0.6 is 11.8 Å². The van der Waals surface area contributed by atoms with Crippen molar-refractivity contribution in [2.24, 2.45) is 5.73 Å². The summed E-state index contributed by atoms with van der Waals surface area (Å²) in [5.74, 6) is 0. The maximum Gasteiger partial charge on any atom is 0.491 e. The van der Waals surface area contributed by atoms with E-state index in [0.29, 0.717) is 6.54 Å². The van der Waals surface area contributed by atoms with Crippen LogP contribution in [0, 0.1) is 0 Å². The second kappa shape index (κ2) is 6.17. The lowest BCUT2D eigenvalue weighted by Gasteiger charge is -2.32. The lowest BCUT2D eigenvalue weighted by Crippen LogP contribution is -2.41. The summed E-state index contributed by atoms with van der Waals surface area (Å²) in [7, 11) is -0.380. The third-order valence-electron chi connectivity index (χ3n) is 4.27. The molecule has 1 aliphatic heterocycles. The van der Waals surface area contributed by atoms with Crippen LogP contribution in [0.15, 0.2) is 34.6 Å². The fraction of sp³-hybridized carbons (Fsp3) is 0.500. The molecule has 0 radical (unpaired) electrons. The second-order valence-corrected chi connectivity index (χ2v) is 7.10. The van der Waals surface area contributed by atoms with Gasteiger partial charge in [-0.1, -0.05) is 24.3 Å². The van der Waals surface area contributed by atoms with Gasteiger partial charge in [-0.2, -0.15) is 0 Å². The SMILES string of the molecule is CSc1ccccc1C=C(CN)B1OC(C)(C)C(C)(C)O1. The van der Waals surface area contributed by atoms with Crippen molar-refractivity contribution >= 4 is 25.0 Å². The normalized spacial score (nSPS) is 20.9. The lowest BCUT2D eigenvalue weighted by atomic mass is 9.77. The Bertz CT molecular complexity index is 527. The highest BCUT2D eigenvalue weighted by molar-refractivity contribution is 7.98. The third kappa shape index (κ3) is 3.37. The molecule has 1 aromatic rings. The largest absolute Gasteiger partial charge is 0.491 e. The maximum absolute atomic E-state index is 6.09. The Kier molecular flexibility index (Phi) is 4.88. The molecule has 0 amide bonds. The molecular formula is C16H24BNO2S. The zero-order valence-corrected chi connectivity index (χ0v) is 14.3. The number of benzene rings is 1. The zero-order valence-electron chi connectivity index (χ0n) is 13.5. The molecule has 0 atom stereocenters. The summed E-state index contributed by atoms with van der Waals surface area (Å²) in [6.45, 7) is 8.63. The van der Waals surface area contributed by atoms with Gasteiger partial charge in [0.15, 0.2) is 0 Å². The number of nitrogens with two attached hydrogens (primary N) is 1. The van der Waals surface area contributed by atoms with Gasteiger partial charge in [-0.25, -0.2) is 0 Å². The van der Waals surface area contributed by atoms with Crippen LogP contribution in [0.3, 0.4) is 0 Å². The molecule has 0 aliphatic carbocycles. The second-order valence-electron chi connectivity index (χ2n) is 6.25. The third-order valence-corrected chi connectivity index (χ3v) is 5.08. The molecule has 0 bridgehead atoms. The average molecular weight is 305 g/mol. The van der Waals surface area contributed by atoms with Crippen LogP contribution in [0.1, 0.15) is 33.3 Å². The van der Waals surface area contributed by atoms with Crippen LogP contribution in [0.4, 0.5) is 0 Å². The number of rotatable bonds is 4. The molecule has 0 spiro atoms. The quantitative estimate of drug-likeness (QED) is 0.684. The van der Waals surface area contributed by atoms with Crippen molar-refractivity contribution in [2.75, 3.05) is 12.8 Å². The molecule has 2 N–H and O–H groups in total. The molecule has 1 aliphatic rings. The predicted molar refractivity (Wildman–Crippen MR) is 91.3 cm³/mol. The predicted octanol–water partition coefficient (Wildman–Crippen LogP) is 3.38. The molecule has 3 nitrogen and oxygen atoms in total. The van der Waals surface area contributed by atoms with E-state index in [1.165, 1.54) is 4.90 Å². The summed E-state index contributed by atoms with van der Waals surface area (Å²) >= 11 is 1.72. The van der Waals surface area contributed by atoms with Crippen molar-refractivity contribution < 1.29 is 9.31 Å². The zero-order chi connectivity index (χ0) is 15.7. The van der Waals surface area contributed by atoms with Crippen molar-refractivity contribution in [2.45, 2.75) is 43.8 Å². The van der Waals surface area contributed by atoms with Crippen molar-refractivity contribution in [3.05, 3.63) is 35.3 Å². The molecule has 0 aromatic heterocycles. The van der Waals surface area contributed by atoms with Gasteiger partial charge in [0.2, 0.25) is 0 Å². The van der Waals surface area contributed by atoms with E-state index >= 15 is 0 Å². The van der Waals surface area contributed by atoms with Crippen LogP contribution in [-0.2, 0) is 9.31 Å². The van der Waals surface area contributed by atoms with E-state index in [0.717, 1.165) is 11.0 Å². The summed E-state index contributed by atoms with van der Waals surface area (Å²) in [5, 5.41) is 0. The van der Waals surface area contributed by atoms with E-state index < -0.39 is 0 Å². The molecule has 5 heteroatoms. The highest BCUT2D eigenvalue weighted by Gasteiger charge is 2.52. The van der Waals surface area contributed by atoms with E-state index in [1.54, 1.807) is 11.8 Å². The van der Waals surface area contributed by atoms with E-state index in [9.17, 15) is 0 Å². The highest BCUT2D eigenvalue weighted by Crippen LogP contribution is 2.38. The minimum Gasteiger partial charge on any atom is -0.400 e. The van der Waals surface area contributed by atoms with Crippen LogP contribution < -0.4 is 5.73 Å². The average Bonchev–Trinajstić information content (AvgIpc) is 2.65. The Morgan fingerprint density at radius 3 is 2.29 bits per heavy atom. The van der Waals surface area contributed by atoms with E-state index in [1.807, 2.05) is 12.1 Å². The molecular weight excluding hydrogens is 281 g/mol. The van der Waals surface area contributed by atoms with E-state index in [2.05, 4.69) is 52.2 Å². The summed E-state index contributed by atoms with van der Waals surface area (Å²) in [4.78, 5) is 1.22. The van der Waals surface area contributed by atoms with Gasteiger partial charge in [0.1, 0.15) is 0 Å². The van der Waals surface area contributed by atoms with E-state index in [-0.39, 0.29) is 18.3 Å². The van der Waals surface area contributed by atoms with Gasteiger partial charge in [0.05, 0.1) is 11.2 Å². The standard InChI is InChI=1S/C16H24BNO2S/c1-15(2)16(3,4)20-17(19-15)13(11-18)10-12-8-6-7-9-14(12)21-5/h6-10H,11,18H2,1-5H3. The van der Waals surface area contributed by atoms with Gasteiger partial charge in [-0.3, -0.25) is 0 Å². The van der Waals surface area contributed by atoms with Gasteiger partial charge < -0.3 is 15.0 Å². The Morgan fingerprint density at radius 1 is 1.19 bits per heavy atom. The first kappa shape index (κ1) is 16.6. The summed E-state index contributed by atoms with van der Waals surface area (Å²) < 4.78 is 12.2. The maximum atomic E-state index is 6.09. The monoisotopic (exact) mass is 305 g/mol. The van der Waals surface area contributed by atoms with E-state index in [4.69, 9.17) is 15.0 Å². The fourth-order valence-electron chi connectivity index (χ4n) is 2.20. The molecule has 2 rings (SSSR count). The van der Waals surface area contributed by atoms with Gasteiger partial charge in [0, 0.05) is 11.4 Å². The molecule has 21 heavy (non-hydrogen) atoms. The molecule has 1 heterocycles. The smallest absolute Gasteiger partial charge is 0.400 e. The first-order valence-corrected chi connectivity index (χ1v) is 8.42. The van der Waals surface area contributed by atoms with Crippen molar-refractivity contribution in [3.8, 4) is 0 Å². The first-order valence-electron chi connectivity index (χ1n) is 7.20. The van der Waals surface area contributed by atoms with Crippen LogP contribution in [0.5, 0.6) is 0 Å². The minimum absolute atomic E-state index is 0.342. The lowest BCUT2D eigenvalue weighted by molar-refractivity contribution is 0.00578. The molecule has 114 valence electrons. The highest BCUT2D eigenvalue weighted by atomic mass is 32.2. The van der Waals surface area contributed by atoms with Crippen LogP contribution in [-0.4, -0.2) is 31.1 Å². The van der Waals surface area contributed by atoms with Gasteiger partial charge >= 0.3 is 7.12 Å². The van der Waals surface area contributed by atoms with Gasteiger partial charge in [-0.05, 0) is 51.1 Å². The summed E-state index contributed by atoms with van der Waals surface area (Å²) in [5.41, 5.74) is 7.37. The Balaban J connectivity index is 2.31. The fourth-order valence-corrected chi connectivity index (χ4v) is 2.78. The summed E-state index contributed by atoms with van der Waals surface area (Å²) in [6, 6.07) is 8.27. The van der Waals surface area contributed by atoms with Gasteiger partial charge in [-0.15, -0.1) is 11.8 Å². The number of hydrogen-bond donors (Lipinski definition) is 1. The topological polar surface area (TPSA) is 44.5 Å². The van der Waals surface area contributed by atoms with Crippen molar-refractivity contribution in [1.29, 1.82) is 0 Å². The molecule has 1 saturated heterocycles. The Labute approximate surface area is 132 Å².